The number of nitrogens with one attached hydrogen (secondary N) is 1. The first-order valence-corrected chi connectivity index (χ1v) is 8.21. The Balaban J connectivity index is 1.91. The van der Waals surface area contributed by atoms with Crippen molar-refractivity contribution in [3.63, 3.8) is 0 Å². The van der Waals surface area contributed by atoms with Crippen molar-refractivity contribution in [2.45, 2.75) is 24.0 Å². The van der Waals surface area contributed by atoms with E-state index in [0.29, 0.717) is 22.6 Å². The van der Waals surface area contributed by atoms with Crippen LogP contribution in [0.1, 0.15) is 18.9 Å². The molecule has 0 aliphatic heterocycles. The number of carbonyl (C=O) groups excluding carboxylic acids is 1. The number of rotatable bonds is 6. The van der Waals surface area contributed by atoms with Gasteiger partial charge in [-0.15, -0.1) is 6.58 Å². The maximum Gasteiger partial charge on any atom is 0.262 e. The first-order chi connectivity index (χ1) is 10.7. The third-order valence-corrected chi connectivity index (χ3v) is 4.42. The normalized spacial score (nSPS) is 14.0. The Morgan fingerprint density at radius 2 is 2.23 bits per heavy atom. The van der Waals surface area contributed by atoms with Crippen LogP contribution in [0.5, 0.6) is 0 Å². The summed E-state index contributed by atoms with van der Waals surface area (Å²) < 4.78 is 1.74. The summed E-state index contributed by atoms with van der Waals surface area (Å²) in [4.78, 5) is 28.9. The van der Waals surface area contributed by atoms with E-state index in [9.17, 15) is 9.59 Å². The van der Waals surface area contributed by atoms with Crippen molar-refractivity contribution < 1.29 is 4.79 Å². The standard InChI is InChI=1S/C16H17N3O2S/c1-2-9-17-14(20)10-22-16-18-13-6-4-3-5-12(13)15(21)19(16)11-7-8-11/h2-6,11H,1,7-10H2,(H,17,20). The van der Waals surface area contributed by atoms with Gasteiger partial charge in [0.1, 0.15) is 0 Å². The van der Waals surface area contributed by atoms with Crippen LogP contribution in [0.3, 0.4) is 0 Å². The molecule has 1 aromatic carbocycles. The fourth-order valence-corrected chi connectivity index (χ4v) is 3.15. The number of nitrogens with zero attached hydrogens (tertiary/aromatic N) is 2. The number of aromatic nitrogens is 2. The van der Waals surface area contributed by atoms with Crippen LogP contribution in [0, 0.1) is 0 Å². The van der Waals surface area contributed by atoms with Gasteiger partial charge in [-0.25, -0.2) is 4.98 Å². The van der Waals surface area contributed by atoms with E-state index in [1.165, 1.54) is 11.8 Å². The number of fused-ring (bicyclic) bond motifs is 1. The van der Waals surface area contributed by atoms with Crippen molar-refractivity contribution in [1.29, 1.82) is 0 Å². The number of hydrogen-bond acceptors (Lipinski definition) is 4. The second-order valence-electron chi connectivity index (χ2n) is 5.20. The fourth-order valence-electron chi connectivity index (χ4n) is 2.25. The zero-order valence-electron chi connectivity index (χ0n) is 12.1. The molecule has 2 aromatic rings. The zero-order valence-corrected chi connectivity index (χ0v) is 12.9. The third kappa shape index (κ3) is 3.06. The average Bonchev–Trinajstić information content (AvgIpc) is 3.35. The summed E-state index contributed by atoms with van der Waals surface area (Å²) in [6.45, 7) is 4.01. The lowest BCUT2D eigenvalue weighted by Crippen LogP contribution is -2.26. The minimum atomic E-state index is -0.0883. The summed E-state index contributed by atoms with van der Waals surface area (Å²) >= 11 is 1.31. The molecular weight excluding hydrogens is 298 g/mol. The number of amides is 1. The van der Waals surface area contributed by atoms with Crippen LogP contribution < -0.4 is 10.9 Å². The zero-order chi connectivity index (χ0) is 15.5. The summed E-state index contributed by atoms with van der Waals surface area (Å²) in [5, 5.41) is 3.98. The van der Waals surface area contributed by atoms with E-state index in [4.69, 9.17) is 0 Å². The molecule has 0 radical (unpaired) electrons. The fraction of sp³-hybridized carbons (Fsp3) is 0.312. The minimum Gasteiger partial charge on any atom is -0.352 e. The van der Waals surface area contributed by atoms with Gasteiger partial charge in [-0.2, -0.15) is 0 Å². The number of benzene rings is 1. The Labute approximate surface area is 132 Å². The van der Waals surface area contributed by atoms with Gasteiger partial charge in [0.15, 0.2) is 5.16 Å². The predicted molar refractivity (Wildman–Crippen MR) is 88.2 cm³/mol. The lowest BCUT2D eigenvalue weighted by molar-refractivity contribution is -0.118. The molecule has 1 N–H and O–H groups in total. The van der Waals surface area contributed by atoms with Crippen molar-refractivity contribution in [3.05, 3.63) is 47.3 Å². The van der Waals surface area contributed by atoms with Crippen LogP contribution in [-0.2, 0) is 4.79 Å². The molecule has 6 heteroatoms. The van der Waals surface area contributed by atoms with Gasteiger partial charge in [0.2, 0.25) is 5.91 Å². The van der Waals surface area contributed by atoms with Gasteiger partial charge in [-0.3, -0.25) is 14.2 Å². The molecule has 1 heterocycles. The van der Waals surface area contributed by atoms with E-state index < -0.39 is 0 Å². The molecule has 1 aliphatic rings. The van der Waals surface area contributed by atoms with Crippen LogP contribution >= 0.6 is 11.8 Å². The maximum atomic E-state index is 12.6. The number of hydrogen-bond donors (Lipinski definition) is 1. The van der Waals surface area contributed by atoms with Crippen LogP contribution in [0.25, 0.3) is 10.9 Å². The largest absolute Gasteiger partial charge is 0.352 e. The summed E-state index contributed by atoms with van der Waals surface area (Å²) in [6, 6.07) is 7.56. The minimum absolute atomic E-state index is 0.0119. The van der Waals surface area contributed by atoms with Crippen molar-refractivity contribution in [2.75, 3.05) is 12.3 Å². The molecule has 0 saturated heterocycles. The average molecular weight is 315 g/mol. The van der Waals surface area contributed by atoms with Crippen LogP contribution in [0.15, 0.2) is 46.9 Å². The Morgan fingerprint density at radius 1 is 1.45 bits per heavy atom. The van der Waals surface area contributed by atoms with E-state index in [-0.39, 0.29) is 23.3 Å². The highest BCUT2D eigenvalue weighted by Gasteiger charge is 2.28. The number of para-hydroxylation sites is 1. The first kappa shape index (κ1) is 14.8. The van der Waals surface area contributed by atoms with Crippen molar-refractivity contribution in [1.82, 2.24) is 14.9 Å². The topological polar surface area (TPSA) is 64.0 Å². The molecule has 5 nitrogen and oxygen atoms in total. The van der Waals surface area contributed by atoms with E-state index in [1.807, 2.05) is 18.2 Å². The van der Waals surface area contributed by atoms with Gasteiger partial charge in [0.05, 0.1) is 16.7 Å². The highest BCUT2D eigenvalue weighted by atomic mass is 32.2. The molecule has 3 rings (SSSR count). The lowest BCUT2D eigenvalue weighted by Gasteiger charge is -2.12. The highest BCUT2D eigenvalue weighted by molar-refractivity contribution is 7.99. The smallest absolute Gasteiger partial charge is 0.262 e. The second kappa shape index (κ2) is 6.36. The summed E-state index contributed by atoms with van der Waals surface area (Å²) in [7, 11) is 0. The first-order valence-electron chi connectivity index (χ1n) is 7.22. The third-order valence-electron chi connectivity index (χ3n) is 3.46. The van der Waals surface area contributed by atoms with E-state index in [1.54, 1.807) is 16.7 Å². The van der Waals surface area contributed by atoms with Crippen molar-refractivity contribution >= 4 is 28.6 Å². The van der Waals surface area contributed by atoms with Gasteiger partial charge >= 0.3 is 0 Å². The van der Waals surface area contributed by atoms with Crippen molar-refractivity contribution in [2.24, 2.45) is 0 Å². The van der Waals surface area contributed by atoms with Gasteiger partial charge in [0, 0.05) is 12.6 Å². The quantitative estimate of drug-likeness (QED) is 0.504. The molecule has 1 aromatic heterocycles. The molecule has 0 bridgehead atoms. The molecule has 1 amide bonds. The molecule has 1 aliphatic carbocycles. The van der Waals surface area contributed by atoms with E-state index in [0.717, 1.165) is 12.8 Å². The summed E-state index contributed by atoms with van der Waals surface area (Å²) in [5.74, 6) is 0.153. The number of thioether (sulfide) groups is 1. The van der Waals surface area contributed by atoms with Crippen LogP contribution in [0.4, 0.5) is 0 Å². The van der Waals surface area contributed by atoms with Gasteiger partial charge in [0.25, 0.3) is 5.56 Å². The van der Waals surface area contributed by atoms with Gasteiger partial charge in [-0.1, -0.05) is 30.0 Å². The molecule has 0 spiro atoms. The monoisotopic (exact) mass is 315 g/mol. The predicted octanol–water partition coefficient (Wildman–Crippen LogP) is 2.13. The molecular formula is C16H17N3O2S. The van der Waals surface area contributed by atoms with Crippen LogP contribution in [0.2, 0.25) is 0 Å². The Morgan fingerprint density at radius 3 is 2.95 bits per heavy atom. The molecule has 0 atom stereocenters. The van der Waals surface area contributed by atoms with Crippen molar-refractivity contribution in [3.8, 4) is 0 Å². The lowest BCUT2D eigenvalue weighted by atomic mass is 10.2. The molecule has 114 valence electrons. The van der Waals surface area contributed by atoms with Gasteiger partial charge in [-0.05, 0) is 25.0 Å². The second-order valence-corrected chi connectivity index (χ2v) is 6.14. The molecule has 0 unspecified atom stereocenters. The molecule has 22 heavy (non-hydrogen) atoms. The van der Waals surface area contributed by atoms with E-state index in [2.05, 4.69) is 16.9 Å². The summed E-state index contributed by atoms with van der Waals surface area (Å²) in [5.41, 5.74) is 0.667. The molecule has 1 fully saturated rings. The van der Waals surface area contributed by atoms with E-state index >= 15 is 0 Å². The number of carbonyl (C=O) groups is 1. The Bertz CT molecular complexity index is 781. The van der Waals surface area contributed by atoms with Gasteiger partial charge < -0.3 is 5.32 Å². The van der Waals surface area contributed by atoms with Crippen LogP contribution in [-0.4, -0.2) is 27.8 Å². The Kier molecular flexibility index (Phi) is 4.29. The Hall–Kier alpha value is -2.08. The molecule has 1 saturated carbocycles. The maximum absolute atomic E-state index is 12.6. The highest BCUT2D eigenvalue weighted by Crippen LogP contribution is 2.36. The summed E-state index contributed by atoms with van der Waals surface area (Å²) in [6.07, 6.45) is 3.63. The SMILES string of the molecule is C=CCNC(=O)CSc1nc2ccccc2c(=O)n1C1CC1.